The predicted molar refractivity (Wildman–Crippen MR) is 404 cm³/mol. The Balaban J connectivity index is 5.25. The second-order valence-corrected chi connectivity index (χ2v) is 33.1. The van der Waals surface area contributed by atoms with E-state index in [1.54, 1.807) is 0 Å². The van der Waals surface area contributed by atoms with Crippen molar-refractivity contribution in [1.82, 2.24) is 0 Å². The molecule has 0 aliphatic heterocycles. The van der Waals surface area contributed by atoms with Gasteiger partial charge < -0.3 is 33.8 Å². The SMILES string of the molecule is CCC(C)CCCCCCCCCCCCCCCCC(=O)O[C@H](COC(=O)CCCCCCCCC(C)CC)COP(=O)(O)OC[C@H](O)COP(=O)(O)OC[C@@H](COC(=O)CCCCCCCCCCCCCC(C)C)OC(=O)CCCCCCCCCCCCCCCCC(C)C. The lowest BCUT2D eigenvalue weighted by atomic mass is 9.99. The third-order valence-electron chi connectivity index (χ3n) is 19.3. The fraction of sp³-hybridized carbons (Fsp3) is 0.950. The number of phosphoric acid groups is 2. The van der Waals surface area contributed by atoms with Crippen LogP contribution in [0.25, 0.3) is 0 Å². The molecule has 0 bridgehead atoms. The monoisotopic (exact) mass is 1450 g/mol. The summed E-state index contributed by atoms with van der Waals surface area (Å²) in [5.41, 5.74) is 0. The van der Waals surface area contributed by atoms with Crippen LogP contribution in [0.4, 0.5) is 0 Å². The van der Waals surface area contributed by atoms with Crippen molar-refractivity contribution in [1.29, 1.82) is 0 Å². The number of rotatable bonds is 77. The molecule has 0 radical (unpaired) electrons. The van der Waals surface area contributed by atoms with Gasteiger partial charge >= 0.3 is 39.5 Å². The lowest BCUT2D eigenvalue weighted by molar-refractivity contribution is -0.161. The Bertz CT molecular complexity index is 1940. The summed E-state index contributed by atoms with van der Waals surface area (Å²) in [6.45, 7) is 14.3. The van der Waals surface area contributed by atoms with Crippen molar-refractivity contribution < 1.29 is 80.2 Å². The number of aliphatic hydroxyl groups excluding tert-OH is 1. The first-order valence-electron chi connectivity index (χ1n) is 41.3. The second kappa shape index (κ2) is 69.1. The molecule has 0 rings (SSSR count). The summed E-state index contributed by atoms with van der Waals surface area (Å²) in [4.78, 5) is 73.0. The maximum Gasteiger partial charge on any atom is 0.472 e. The summed E-state index contributed by atoms with van der Waals surface area (Å²) >= 11 is 0. The lowest BCUT2D eigenvalue weighted by Crippen LogP contribution is -2.30. The smallest absolute Gasteiger partial charge is 0.462 e. The molecule has 0 aliphatic carbocycles. The van der Waals surface area contributed by atoms with Gasteiger partial charge in [0.25, 0.3) is 0 Å². The molecular weight excluding hydrogens is 1290 g/mol. The van der Waals surface area contributed by atoms with Crippen LogP contribution in [-0.2, 0) is 65.4 Å². The number of carbonyl (C=O) groups is 4. The molecule has 0 aliphatic rings. The highest BCUT2D eigenvalue weighted by Gasteiger charge is 2.30. The molecule has 0 saturated carbocycles. The number of unbranched alkanes of at least 4 members (excludes halogenated alkanes) is 41. The number of phosphoric ester groups is 2. The molecule has 99 heavy (non-hydrogen) atoms. The molecule has 7 atom stereocenters. The second-order valence-electron chi connectivity index (χ2n) is 30.2. The highest BCUT2D eigenvalue weighted by atomic mass is 31.2. The number of carbonyl (C=O) groups excluding carboxylic acids is 4. The van der Waals surface area contributed by atoms with E-state index >= 15 is 0 Å². The lowest BCUT2D eigenvalue weighted by Gasteiger charge is -2.21. The summed E-state index contributed by atoms with van der Waals surface area (Å²) in [6, 6.07) is 0. The van der Waals surface area contributed by atoms with E-state index in [9.17, 15) is 43.2 Å². The molecule has 588 valence electrons. The van der Waals surface area contributed by atoms with Crippen LogP contribution >= 0.6 is 15.6 Å². The van der Waals surface area contributed by atoms with Gasteiger partial charge in [-0.2, -0.15) is 0 Å². The van der Waals surface area contributed by atoms with Gasteiger partial charge in [0.15, 0.2) is 12.2 Å². The van der Waals surface area contributed by atoms with Crippen molar-refractivity contribution in [2.75, 3.05) is 39.6 Å². The third-order valence-corrected chi connectivity index (χ3v) is 21.2. The fourth-order valence-corrected chi connectivity index (χ4v) is 13.8. The largest absolute Gasteiger partial charge is 0.472 e. The summed E-state index contributed by atoms with van der Waals surface area (Å²) in [5.74, 6) is 1.03. The summed E-state index contributed by atoms with van der Waals surface area (Å²) in [7, 11) is -9.92. The maximum atomic E-state index is 13.1. The number of esters is 4. The zero-order valence-electron chi connectivity index (χ0n) is 65.1. The van der Waals surface area contributed by atoms with Crippen molar-refractivity contribution in [2.45, 2.75) is 427 Å². The molecule has 0 aromatic rings. The van der Waals surface area contributed by atoms with Crippen molar-refractivity contribution in [3.8, 4) is 0 Å². The number of hydrogen-bond acceptors (Lipinski definition) is 15. The third kappa shape index (κ3) is 71.5. The van der Waals surface area contributed by atoms with E-state index in [4.69, 9.17) is 37.0 Å². The van der Waals surface area contributed by atoms with Crippen molar-refractivity contribution in [3.63, 3.8) is 0 Å². The zero-order valence-corrected chi connectivity index (χ0v) is 66.9. The minimum absolute atomic E-state index is 0.106. The molecule has 0 aromatic carbocycles. The van der Waals surface area contributed by atoms with Crippen molar-refractivity contribution in [3.05, 3.63) is 0 Å². The minimum Gasteiger partial charge on any atom is -0.462 e. The van der Waals surface area contributed by atoms with Gasteiger partial charge in [0.1, 0.15) is 19.3 Å². The average Bonchev–Trinajstić information content (AvgIpc) is 1.09. The normalized spacial score (nSPS) is 14.6. The first kappa shape index (κ1) is 97.1. The molecule has 0 spiro atoms. The van der Waals surface area contributed by atoms with Gasteiger partial charge in [-0.3, -0.25) is 37.3 Å². The van der Waals surface area contributed by atoms with Crippen molar-refractivity contribution in [2.24, 2.45) is 23.7 Å². The molecule has 17 nitrogen and oxygen atoms in total. The van der Waals surface area contributed by atoms with E-state index < -0.39 is 97.5 Å². The van der Waals surface area contributed by atoms with E-state index in [0.29, 0.717) is 25.7 Å². The quantitative estimate of drug-likeness (QED) is 0.0222. The number of hydrogen-bond donors (Lipinski definition) is 3. The first-order chi connectivity index (χ1) is 47.7. The van der Waals surface area contributed by atoms with Gasteiger partial charge in [0, 0.05) is 25.7 Å². The molecule has 0 saturated heterocycles. The average molecular weight is 1450 g/mol. The van der Waals surface area contributed by atoms with E-state index in [2.05, 4.69) is 55.4 Å². The first-order valence-corrected chi connectivity index (χ1v) is 44.3. The standard InChI is InChI=1S/C80H156O17P2/c1-9-72(7)58-50-42-34-28-22-16-12-14-18-24-31-37-47-55-63-80(85)97-76(67-91-78(83)61-53-45-39-38-43-51-59-73(8)10-2)69-95-99(88,89)93-65-74(81)64-92-98(86,87)94-68-75(66-90-77(82)60-52-44-35-29-25-19-21-27-33-41-49-57-71(5)6)96-79(84)62-54-46-36-30-23-17-13-11-15-20-26-32-40-48-56-70(3)4/h70-76,81H,9-69H2,1-8H3,(H,86,87)(H,88,89)/t72?,73?,74-,75-,76-/m1/s1. The molecule has 0 aromatic heterocycles. The Morgan fingerprint density at radius 3 is 0.717 bits per heavy atom. The summed E-state index contributed by atoms with van der Waals surface area (Å²) in [5, 5.41) is 10.6. The molecule has 19 heteroatoms. The summed E-state index contributed by atoms with van der Waals surface area (Å²) < 4.78 is 68.7. The van der Waals surface area contributed by atoms with Crippen LogP contribution in [0.1, 0.15) is 409 Å². The molecule has 0 fully saturated rings. The molecule has 0 amide bonds. The Kier molecular flexibility index (Phi) is 67.8. The van der Waals surface area contributed by atoms with Gasteiger partial charge in [0.2, 0.25) is 0 Å². The van der Waals surface area contributed by atoms with Crippen LogP contribution in [0, 0.1) is 23.7 Å². The Hall–Kier alpha value is -1.94. The van der Waals surface area contributed by atoms with Gasteiger partial charge in [-0.15, -0.1) is 0 Å². The Morgan fingerprint density at radius 1 is 0.283 bits per heavy atom. The van der Waals surface area contributed by atoms with E-state index in [1.807, 2.05) is 0 Å². The van der Waals surface area contributed by atoms with Gasteiger partial charge in [-0.05, 0) is 49.4 Å². The highest BCUT2D eigenvalue weighted by molar-refractivity contribution is 7.47. The predicted octanol–water partition coefficient (Wildman–Crippen LogP) is 23.6. The van der Waals surface area contributed by atoms with E-state index in [1.165, 1.54) is 205 Å². The van der Waals surface area contributed by atoms with Crippen molar-refractivity contribution >= 4 is 39.5 Å². The fourth-order valence-electron chi connectivity index (χ4n) is 12.2. The van der Waals surface area contributed by atoms with E-state index in [-0.39, 0.29) is 25.7 Å². The minimum atomic E-state index is -4.96. The Labute approximate surface area is 607 Å². The topological polar surface area (TPSA) is 237 Å². The van der Waals surface area contributed by atoms with Crippen LogP contribution in [0.15, 0.2) is 0 Å². The van der Waals surface area contributed by atoms with Gasteiger partial charge in [0.05, 0.1) is 26.4 Å². The molecular formula is C80H156O17P2. The van der Waals surface area contributed by atoms with Crippen LogP contribution in [0.3, 0.4) is 0 Å². The zero-order chi connectivity index (χ0) is 73.1. The number of aliphatic hydroxyl groups is 1. The van der Waals surface area contributed by atoms with Gasteiger partial charge in [-0.25, -0.2) is 9.13 Å². The molecule has 4 unspecified atom stereocenters. The highest BCUT2D eigenvalue weighted by Crippen LogP contribution is 2.45. The Morgan fingerprint density at radius 2 is 0.485 bits per heavy atom. The van der Waals surface area contributed by atoms with E-state index in [0.717, 1.165) is 120 Å². The van der Waals surface area contributed by atoms with Gasteiger partial charge in [-0.1, -0.05) is 357 Å². The van der Waals surface area contributed by atoms with Crippen LogP contribution in [0.5, 0.6) is 0 Å². The number of ether oxygens (including phenoxy) is 4. The summed E-state index contributed by atoms with van der Waals surface area (Å²) in [6.07, 6.45) is 55.4. The molecule has 0 heterocycles. The van der Waals surface area contributed by atoms with Crippen LogP contribution < -0.4 is 0 Å². The van der Waals surface area contributed by atoms with Crippen LogP contribution in [0.2, 0.25) is 0 Å². The molecule has 3 N–H and O–H groups in total. The van der Waals surface area contributed by atoms with Crippen LogP contribution in [-0.4, -0.2) is 96.7 Å². The maximum absolute atomic E-state index is 13.1.